The van der Waals surface area contributed by atoms with Crippen molar-refractivity contribution in [3.8, 4) is 0 Å². The topological polar surface area (TPSA) is 30.9 Å². The summed E-state index contributed by atoms with van der Waals surface area (Å²) in [4.78, 5) is 10.3. The van der Waals surface area contributed by atoms with Crippen molar-refractivity contribution in [1.82, 2.24) is 0 Å². The van der Waals surface area contributed by atoms with Gasteiger partial charge in [-0.05, 0) is 107 Å². The lowest BCUT2D eigenvalue weighted by Crippen LogP contribution is -2.27. The summed E-state index contributed by atoms with van der Waals surface area (Å²) in [6, 6.07) is 67.5. The minimum absolute atomic E-state index is 0.107. The molecule has 9 rings (SSSR count). The van der Waals surface area contributed by atoms with Crippen LogP contribution in [0.1, 0.15) is 34.0 Å². The molecule has 7 aromatic rings. The number of nitrogens with zero attached hydrogens (tertiary/aromatic N) is 3. The molecular weight excluding hydrogens is 633 g/mol. The number of benzene rings is 7. The van der Waals surface area contributed by atoms with Gasteiger partial charge in [0.25, 0.3) is 0 Å². The van der Waals surface area contributed by atoms with Crippen molar-refractivity contribution in [2.75, 3.05) is 15.1 Å². The van der Waals surface area contributed by atoms with E-state index in [4.69, 9.17) is 4.99 Å². The molecule has 0 radical (unpaired) electrons. The van der Waals surface area contributed by atoms with Gasteiger partial charge in [0.1, 0.15) is 6.17 Å². The van der Waals surface area contributed by atoms with Crippen molar-refractivity contribution in [3.05, 3.63) is 216 Å². The highest BCUT2D eigenvalue weighted by Gasteiger charge is 2.33. The highest BCUT2D eigenvalue weighted by molar-refractivity contribution is 6.05. The van der Waals surface area contributed by atoms with Crippen LogP contribution in [0.3, 0.4) is 0 Å². The SMILES string of the molecule is c1ccc(CC2Cc3ccccc3N=C2c2cc(CN(c3ccccc3)c3ccccc3)cc(C3Nc4ccccc4N3c3ccccc3)c2)cc1. The van der Waals surface area contributed by atoms with E-state index in [0.717, 1.165) is 47.0 Å². The Hall–Kier alpha value is -6.39. The predicted octanol–water partition coefficient (Wildman–Crippen LogP) is 11.8. The number of rotatable bonds is 9. The largest absolute Gasteiger partial charge is 0.359 e. The van der Waals surface area contributed by atoms with Crippen molar-refractivity contribution in [2.24, 2.45) is 10.9 Å². The summed E-state index contributed by atoms with van der Waals surface area (Å²) in [5.41, 5.74) is 14.2. The van der Waals surface area contributed by atoms with Gasteiger partial charge in [0.15, 0.2) is 0 Å². The zero-order chi connectivity index (χ0) is 34.7. The number of hydrogen-bond donors (Lipinski definition) is 1. The molecule has 1 N–H and O–H groups in total. The average Bonchev–Trinajstić information content (AvgIpc) is 3.61. The minimum Gasteiger partial charge on any atom is -0.359 e. The van der Waals surface area contributed by atoms with Crippen LogP contribution in [0.4, 0.5) is 34.1 Å². The second kappa shape index (κ2) is 14.1. The van der Waals surface area contributed by atoms with Crippen LogP contribution in [0.5, 0.6) is 0 Å². The Morgan fingerprint density at radius 2 is 1.21 bits per heavy atom. The Morgan fingerprint density at radius 3 is 1.94 bits per heavy atom. The zero-order valence-corrected chi connectivity index (χ0v) is 29.0. The Morgan fingerprint density at radius 1 is 0.596 bits per heavy atom. The van der Waals surface area contributed by atoms with Crippen molar-refractivity contribution < 1.29 is 0 Å². The molecule has 0 saturated heterocycles. The number of fused-ring (bicyclic) bond motifs is 2. The second-order valence-electron chi connectivity index (χ2n) is 13.7. The highest BCUT2D eigenvalue weighted by Crippen LogP contribution is 2.46. The summed E-state index contributed by atoms with van der Waals surface area (Å²) in [7, 11) is 0. The first-order chi connectivity index (χ1) is 25.8. The molecule has 4 heteroatoms. The van der Waals surface area contributed by atoms with Crippen LogP contribution in [0, 0.1) is 5.92 Å². The van der Waals surface area contributed by atoms with E-state index in [9.17, 15) is 0 Å². The Labute approximate surface area is 306 Å². The van der Waals surface area contributed by atoms with Crippen LogP contribution in [0.25, 0.3) is 0 Å². The normalized spacial score (nSPS) is 16.0. The summed E-state index contributed by atoms with van der Waals surface area (Å²) in [6.07, 6.45) is 1.77. The van der Waals surface area contributed by atoms with Crippen LogP contribution in [-0.2, 0) is 19.4 Å². The van der Waals surface area contributed by atoms with Gasteiger partial charge >= 0.3 is 0 Å². The monoisotopic (exact) mass is 672 g/mol. The first kappa shape index (κ1) is 31.6. The summed E-state index contributed by atoms with van der Waals surface area (Å²) in [5.74, 6) is 0.235. The lowest BCUT2D eigenvalue weighted by atomic mass is 9.82. The number of hydrogen-bond acceptors (Lipinski definition) is 4. The van der Waals surface area contributed by atoms with Gasteiger partial charge in [-0.3, -0.25) is 4.99 Å². The van der Waals surface area contributed by atoms with E-state index in [1.165, 1.54) is 33.5 Å². The van der Waals surface area contributed by atoms with Gasteiger partial charge in [-0.2, -0.15) is 0 Å². The Bertz CT molecular complexity index is 2280. The van der Waals surface area contributed by atoms with E-state index in [1.54, 1.807) is 0 Å². The fourth-order valence-corrected chi connectivity index (χ4v) is 7.85. The van der Waals surface area contributed by atoms with Gasteiger partial charge in [0, 0.05) is 29.5 Å². The minimum atomic E-state index is -0.107. The zero-order valence-electron chi connectivity index (χ0n) is 29.0. The number of aliphatic imine (C=N–C) groups is 1. The molecule has 252 valence electrons. The number of para-hydroxylation sites is 6. The summed E-state index contributed by atoms with van der Waals surface area (Å²) in [5, 5.41) is 3.91. The predicted molar refractivity (Wildman–Crippen MR) is 217 cm³/mol. The van der Waals surface area contributed by atoms with Gasteiger partial charge in [-0.15, -0.1) is 0 Å². The van der Waals surface area contributed by atoms with Crippen molar-refractivity contribution >= 4 is 39.8 Å². The highest BCUT2D eigenvalue weighted by atomic mass is 15.3. The van der Waals surface area contributed by atoms with Gasteiger partial charge in [0.2, 0.25) is 0 Å². The molecule has 0 saturated carbocycles. The summed E-state index contributed by atoms with van der Waals surface area (Å²) in [6.45, 7) is 0.701. The fraction of sp³-hybridized carbons (Fsp3) is 0.104. The molecule has 0 fully saturated rings. The maximum absolute atomic E-state index is 5.48. The average molecular weight is 673 g/mol. The van der Waals surface area contributed by atoms with Crippen LogP contribution < -0.4 is 15.1 Å². The van der Waals surface area contributed by atoms with Crippen molar-refractivity contribution in [1.29, 1.82) is 0 Å². The van der Waals surface area contributed by atoms with Gasteiger partial charge in [-0.1, -0.05) is 121 Å². The van der Waals surface area contributed by atoms with Crippen molar-refractivity contribution in [2.45, 2.75) is 25.6 Å². The van der Waals surface area contributed by atoms with E-state index in [1.807, 2.05) is 0 Å². The second-order valence-corrected chi connectivity index (χ2v) is 13.7. The first-order valence-corrected chi connectivity index (χ1v) is 18.2. The third-order valence-electron chi connectivity index (χ3n) is 10.3. The molecule has 2 unspecified atom stereocenters. The summed E-state index contributed by atoms with van der Waals surface area (Å²) < 4.78 is 0. The molecule has 2 aliphatic rings. The summed E-state index contributed by atoms with van der Waals surface area (Å²) >= 11 is 0. The molecule has 2 atom stereocenters. The van der Waals surface area contributed by atoms with E-state index in [0.29, 0.717) is 6.54 Å². The number of anilines is 5. The maximum atomic E-state index is 5.48. The smallest absolute Gasteiger partial charge is 0.130 e. The van der Waals surface area contributed by atoms with E-state index >= 15 is 0 Å². The van der Waals surface area contributed by atoms with E-state index in [-0.39, 0.29) is 12.1 Å². The fourth-order valence-electron chi connectivity index (χ4n) is 7.85. The van der Waals surface area contributed by atoms with Crippen LogP contribution >= 0.6 is 0 Å². The van der Waals surface area contributed by atoms with E-state index < -0.39 is 0 Å². The molecule has 52 heavy (non-hydrogen) atoms. The Balaban J connectivity index is 1.21. The lowest BCUT2D eigenvalue weighted by molar-refractivity contribution is 0.674. The van der Waals surface area contributed by atoms with Crippen LogP contribution in [-0.4, -0.2) is 5.71 Å². The number of nitrogens with one attached hydrogen (secondary N) is 1. The van der Waals surface area contributed by atoms with Gasteiger partial charge in [-0.25, -0.2) is 0 Å². The standard InChI is InChI=1S/C48H40N4/c1-5-17-35(18-6-1)29-38-32-37-19-13-14-26-44(37)49-47(38)39-30-36(34-51(41-20-7-2-8-21-41)42-22-9-3-10-23-42)31-40(33-39)48-50-45-27-15-16-28-46(45)52(48)43-24-11-4-12-25-43/h1-28,30-31,33,38,48,50H,29,32,34H2. The quantitative estimate of drug-likeness (QED) is 0.166. The Kier molecular flexibility index (Phi) is 8.55. The molecule has 7 aromatic carbocycles. The third kappa shape index (κ3) is 6.36. The van der Waals surface area contributed by atoms with Crippen LogP contribution in [0.2, 0.25) is 0 Å². The molecule has 0 amide bonds. The molecular formula is C48H40N4. The lowest BCUT2D eigenvalue weighted by Gasteiger charge is -2.31. The molecule has 0 bridgehead atoms. The molecule has 0 aliphatic carbocycles. The van der Waals surface area contributed by atoms with Crippen LogP contribution in [0.15, 0.2) is 193 Å². The molecule has 2 heterocycles. The third-order valence-corrected chi connectivity index (χ3v) is 10.3. The van der Waals surface area contributed by atoms with Gasteiger partial charge < -0.3 is 15.1 Å². The molecule has 2 aliphatic heterocycles. The maximum Gasteiger partial charge on any atom is 0.130 e. The molecule has 0 spiro atoms. The van der Waals surface area contributed by atoms with E-state index in [2.05, 4.69) is 203 Å². The first-order valence-electron chi connectivity index (χ1n) is 18.2. The molecule has 0 aromatic heterocycles. The van der Waals surface area contributed by atoms with Crippen molar-refractivity contribution in [3.63, 3.8) is 0 Å². The van der Waals surface area contributed by atoms with Gasteiger partial charge in [0.05, 0.1) is 22.8 Å². The molecule has 4 nitrogen and oxygen atoms in total.